The maximum Gasteiger partial charge on any atom is 0.164 e. The van der Waals surface area contributed by atoms with Crippen molar-refractivity contribution in [2.24, 2.45) is 0 Å². The molecule has 0 N–H and O–H groups in total. The van der Waals surface area contributed by atoms with E-state index in [1.807, 2.05) is 97.1 Å². The molecule has 2 heterocycles. The first-order valence-electron chi connectivity index (χ1n) is 19.5. The largest absolute Gasteiger partial charge is 0.456 e. The molecule has 2 aromatic heterocycles. The Labute approximate surface area is 354 Å². The molecule has 8 aromatic carbocycles. The third kappa shape index (κ3) is 6.66. The van der Waals surface area contributed by atoms with Crippen molar-refractivity contribution in [1.82, 2.24) is 15.0 Å². The lowest BCUT2D eigenvalue weighted by atomic mass is 9.59. The zero-order valence-electron chi connectivity index (χ0n) is 32.3. The number of fused-ring (bicyclic) bond motifs is 3. The molecular formula is C51H28B5N3O. The molecule has 0 saturated carbocycles. The summed E-state index contributed by atoms with van der Waals surface area (Å²) in [6, 6.07) is 57.4. The van der Waals surface area contributed by atoms with Crippen LogP contribution in [0.1, 0.15) is 0 Å². The van der Waals surface area contributed by atoms with E-state index in [0.29, 0.717) is 34.0 Å². The molecule has 0 unspecified atom stereocenters. The predicted molar refractivity (Wildman–Crippen MR) is 252 cm³/mol. The number of hydrogen-bond donors (Lipinski definition) is 0. The van der Waals surface area contributed by atoms with Crippen LogP contribution in [-0.4, -0.2) is 54.2 Å². The Morgan fingerprint density at radius 1 is 0.317 bits per heavy atom. The Morgan fingerprint density at radius 2 is 0.767 bits per heavy atom. The van der Waals surface area contributed by atoms with E-state index >= 15 is 0 Å². The summed E-state index contributed by atoms with van der Waals surface area (Å²) in [4.78, 5) is 15.2. The zero-order valence-corrected chi connectivity index (χ0v) is 32.3. The lowest BCUT2D eigenvalue weighted by molar-refractivity contribution is 0.669. The highest BCUT2D eigenvalue weighted by atomic mass is 16.3. The highest BCUT2D eigenvalue weighted by molar-refractivity contribution is 6.68. The maximum absolute atomic E-state index is 6.54. The first-order chi connectivity index (χ1) is 29.3. The van der Waals surface area contributed by atoms with Crippen molar-refractivity contribution in [1.29, 1.82) is 0 Å². The fourth-order valence-electron chi connectivity index (χ4n) is 7.85. The van der Waals surface area contributed by atoms with Gasteiger partial charge in [0.05, 0.1) is 0 Å². The molecule has 0 fully saturated rings. The monoisotopic (exact) mass is 753 g/mol. The van der Waals surface area contributed by atoms with Crippen molar-refractivity contribution in [3.05, 3.63) is 170 Å². The van der Waals surface area contributed by atoms with Gasteiger partial charge in [0.1, 0.15) is 50.4 Å². The summed E-state index contributed by atoms with van der Waals surface area (Å²) < 4.78 is 6.54. The Kier molecular flexibility index (Phi) is 9.45. The van der Waals surface area contributed by atoms with Crippen LogP contribution in [0.25, 0.3) is 101 Å². The summed E-state index contributed by atoms with van der Waals surface area (Å²) in [7, 11) is 30.9. The summed E-state index contributed by atoms with van der Waals surface area (Å²) in [5.74, 6) is 1.76. The minimum Gasteiger partial charge on any atom is -0.456 e. The van der Waals surface area contributed by atoms with Crippen molar-refractivity contribution in [2.75, 3.05) is 0 Å². The average molecular weight is 753 g/mol. The number of rotatable bonds is 7. The lowest BCUT2D eigenvalue weighted by Gasteiger charge is -2.21. The molecule has 0 aliphatic rings. The minimum atomic E-state index is 0.197. The molecule has 10 aromatic rings. The third-order valence-corrected chi connectivity index (χ3v) is 11.1. The molecule has 10 rings (SSSR count). The van der Waals surface area contributed by atoms with Crippen LogP contribution in [0, 0.1) is 0 Å². The summed E-state index contributed by atoms with van der Waals surface area (Å²) in [6.45, 7) is 0. The first-order valence-corrected chi connectivity index (χ1v) is 19.5. The molecule has 0 spiro atoms. The fourth-order valence-corrected chi connectivity index (χ4v) is 7.85. The van der Waals surface area contributed by atoms with Gasteiger partial charge in [-0.2, -0.15) is 0 Å². The molecule has 4 nitrogen and oxygen atoms in total. The number of aromatic nitrogens is 3. The van der Waals surface area contributed by atoms with E-state index in [-0.39, 0.29) is 16.4 Å². The second-order valence-corrected chi connectivity index (χ2v) is 14.7. The molecule has 0 aliphatic heterocycles. The summed E-state index contributed by atoms with van der Waals surface area (Å²) in [6.07, 6.45) is 0. The van der Waals surface area contributed by atoms with Crippen LogP contribution in [-0.2, 0) is 0 Å². The predicted octanol–water partition coefficient (Wildman–Crippen LogP) is 7.41. The number of benzene rings is 8. The van der Waals surface area contributed by atoms with Crippen molar-refractivity contribution in [3.8, 4) is 78.7 Å². The van der Waals surface area contributed by atoms with E-state index in [1.54, 1.807) is 0 Å². The highest BCUT2D eigenvalue weighted by Crippen LogP contribution is 2.39. The van der Waals surface area contributed by atoms with Gasteiger partial charge in [0.15, 0.2) is 17.5 Å². The Hall–Kier alpha value is -7.11. The second kappa shape index (κ2) is 15.2. The SMILES string of the molecule is [B]c1c([B])c([B])c(-c2ccc(-c3ccc(-c4ccc5c(c4)oc4cccc(-c6nc(-c7ccccc7)nc(-c7cccc(-c8ccccc8)c7)n6)c45)cc3)cc2)c([B])c1[B]. The van der Waals surface area contributed by atoms with Crippen LogP contribution >= 0.6 is 0 Å². The van der Waals surface area contributed by atoms with E-state index in [9.17, 15) is 0 Å². The number of furan rings is 1. The number of nitrogens with zero attached hydrogens (tertiary/aromatic N) is 3. The molecule has 0 aliphatic carbocycles. The molecule has 9 heteroatoms. The Balaban J connectivity index is 0.995. The van der Waals surface area contributed by atoms with Gasteiger partial charge in [-0.3, -0.25) is 0 Å². The number of hydrogen-bond acceptors (Lipinski definition) is 4. The van der Waals surface area contributed by atoms with Crippen LogP contribution in [0.4, 0.5) is 0 Å². The smallest absolute Gasteiger partial charge is 0.164 e. The summed E-state index contributed by atoms with van der Waals surface area (Å²) >= 11 is 0. The van der Waals surface area contributed by atoms with E-state index in [2.05, 4.69) is 72.8 Å². The zero-order chi connectivity index (χ0) is 40.9. The van der Waals surface area contributed by atoms with Gasteiger partial charge in [-0.25, -0.2) is 15.0 Å². The lowest BCUT2D eigenvalue weighted by Crippen LogP contribution is -2.55. The van der Waals surface area contributed by atoms with Crippen LogP contribution in [0.3, 0.4) is 0 Å². The first kappa shape index (κ1) is 37.2. The van der Waals surface area contributed by atoms with Crippen LogP contribution in [0.15, 0.2) is 174 Å². The van der Waals surface area contributed by atoms with E-state index in [0.717, 1.165) is 77.6 Å². The molecule has 0 bridgehead atoms. The molecule has 0 amide bonds. The van der Waals surface area contributed by atoms with Crippen molar-refractivity contribution in [3.63, 3.8) is 0 Å². The Bertz CT molecular complexity index is 3210. The quantitative estimate of drug-likeness (QED) is 0.159. The highest BCUT2D eigenvalue weighted by Gasteiger charge is 2.19. The molecule has 10 radical (unpaired) electrons. The normalized spacial score (nSPS) is 11.3. The van der Waals surface area contributed by atoms with Crippen molar-refractivity contribution < 1.29 is 4.42 Å². The standard InChI is InChI=1S/C51H28B5N3O/c52-44-42(45(53)47(55)48(56)46(44)54)33-23-21-31(22-24-33)30-17-19-32(20-18-30)36-25-26-38-41(28-36)60-40-16-8-15-39(43(38)40)51-58-49(34-11-5-2-6-12-34)57-50(59-51)37-14-7-13-35(27-37)29-9-3-1-4-10-29/h1-28H. The van der Waals surface area contributed by atoms with Gasteiger partial charge in [-0.15, -0.1) is 16.4 Å². The fraction of sp³-hybridized carbons (Fsp3) is 0. The van der Waals surface area contributed by atoms with Gasteiger partial charge in [-0.1, -0.05) is 157 Å². The van der Waals surface area contributed by atoms with E-state index in [1.165, 1.54) is 0 Å². The van der Waals surface area contributed by atoms with Gasteiger partial charge in [0.25, 0.3) is 0 Å². The topological polar surface area (TPSA) is 51.8 Å². The van der Waals surface area contributed by atoms with E-state index < -0.39 is 0 Å². The Morgan fingerprint density at radius 3 is 1.42 bits per heavy atom. The van der Waals surface area contributed by atoms with Crippen molar-refractivity contribution >= 4 is 88.5 Å². The van der Waals surface area contributed by atoms with Gasteiger partial charge < -0.3 is 4.42 Å². The second-order valence-electron chi connectivity index (χ2n) is 14.7. The molecule has 0 saturated heterocycles. The average Bonchev–Trinajstić information content (AvgIpc) is 3.69. The molecule has 268 valence electrons. The summed E-state index contributed by atoms with van der Waals surface area (Å²) in [5.41, 5.74) is 13.2. The van der Waals surface area contributed by atoms with Crippen molar-refractivity contribution in [2.45, 2.75) is 0 Å². The maximum atomic E-state index is 6.54. The molecule has 0 atom stereocenters. The molecular weight excluding hydrogens is 725 g/mol. The molecule has 60 heavy (non-hydrogen) atoms. The van der Waals surface area contributed by atoms with Gasteiger partial charge in [-0.05, 0) is 68.8 Å². The third-order valence-electron chi connectivity index (χ3n) is 11.1. The summed E-state index contributed by atoms with van der Waals surface area (Å²) in [5, 5.41) is 1.92. The van der Waals surface area contributed by atoms with Gasteiger partial charge >= 0.3 is 0 Å². The van der Waals surface area contributed by atoms with Crippen LogP contribution in [0.2, 0.25) is 0 Å². The van der Waals surface area contributed by atoms with Gasteiger partial charge in [0.2, 0.25) is 0 Å². The van der Waals surface area contributed by atoms with E-state index in [4.69, 9.17) is 58.6 Å². The van der Waals surface area contributed by atoms with Gasteiger partial charge in [0, 0.05) is 27.5 Å². The van der Waals surface area contributed by atoms with Crippen LogP contribution in [0.5, 0.6) is 0 Å². The minimum absolute atomic E-state index is 0.197. The van der Waals surface area contributed by atoms with Crippen LogP contribution < -0.4 is 27.3 Å².